The lowest BCUT2D eigenvalue weighted by molar-refractivity contribution is -0.598. The van der Waals surface area contributed by atoms with Gasteiger partial charge in [-0.05, 0) is 84.3 Å². The number of halogens is 1. The number of para-hydroxylation sites is 2. The summed E-state index contributed by atoms with van der Waals surface area (Å²) >= 11 is 5.91. The van der Waals surface area contributed by atoms with E-state index in [4.69, 9.17) is 11.6 Å². The van der Waals surface area contributed by atoms with Crippen molar-refractivity contribution in [2.45, 2.75) is 30.1 Å². The second-order valence-corrected chi connectivity index (χ2v) is 9.94. The summed E-state index contributed by atoms with van der Waals surface area (Å²) in [6.45, 7) is 0. The average Bonchev–Trinajstić information content (AvgIpc) is 2.84. The lowest BCUT2D eigenvalue weighted by Gasteiger charge is -2.17. The fourth-order valence-corrected chi connectivity index (χ4v) is 5.00. The molecule has 0 aliphatic heterocycles. The minimum atomic E-state index is -4.01. The third-order valence-electron chi connectivity index (χ3n) is 5.69. The van der Waals surface area contributed by atoms with Crippen LogP contribution in [0.25, 0.3) is 16.9 Å². The quantitative estimate of drug-likeness (QED) is 0.280. The van der Waals surface area contributed by atoms with Gasteiger partial charge >= 0.3 is 5.82 Å². The highest BCUT2D eigenvalue weighted by Gasteiger charge is 2.21. The molecule has 166 valence electrons. The number of fused-ring (bicyclic) bond motifs is 1. The van der Waals surface area contributed by atoms with Gasteiger partial charge in [0.25, 0.3) is 5.82 Å². The molecule has 0 amide bonds. The molecule has 6 nitrogen and oxygen atoms in total. The van der Waals surface area contributed by atoms with E-state index >= 15 is 0 Å². The lowest BCUT2D eigenvalue weighted by Crippen LogP contribution is -2.31. The zero-order chi connectivity index (χ0) is 22.8. The van der Waals surface area contributed by atoms with Crippen molar-refractivity contribution in [2.75, 3.05) is 0 Å². The predicted octanol–water partition coefficient (Wildman–Crippen LogP) is 5.67. The first-order valence-corrected chi connectivity index (χ1v) is 12.5. The van der Waals surface area contributed by atoms with Crippen molar-refractivity contribution in [3.63, 3.8) is 0 Å². The molecule has 2 aromatic carbocycles. The molecule has 1 aliphatic rings. The number of rotatable bonds is 4. The molecule has 5 rings (SSSR count). The molecule has 4 aromatic rings. The number of aromatic nitrogens is 3. The Morgan fingerprint density at radius 2 is 1.67 bits per heavy atom. The monoisotopic (exact) mass is 476 g/mol. The maximum absolute atomic E-state index is 13.0. The molecule has 2 unspecified atom stereocenters. The number of hydrogen-bond acceptors (Lipinski definition) is 5. The third-order valence-corrected chi connectivity index (χ3v) is 7.23. The van der Waals surface area contributed by atoms with Crippen LogP contribution in [0.5, 0.6) is 0 Å². The molecule has 0 N–H and O–H groups in total. The largest absolute Gasteiger partial charge is 0.760 e. The number of benzene rings is 2. The molecule has 2 aromatic heterocycles. The Balaban J connectivity index is 1.62. The Hall–Kier alpha value is -3.13. The van der Waals surface area contributed by atoms with Crippen LogP contribution in [0.3, 0.4) is 0 Å². The SMILES string of the molecule is O=S([O-])(=Nc1nc2ccccc2nc1-[n+]1ccc(C2CC=CCC2)cc1)c1ccc(Cl)cc1. The van der Waals surface area contributed by atoms with Crippen LogP contribution in [0.4, 0.5) is 5.82 Å². The van der Waals surface area contributed by atoms with Crippen LogP contribution in [0, 0.1) is 0 Å². The first-order chi connectivity index (χ1) is 16.0. The van der Waals surface area contributed by atoms with Crippen molar-refractivity contribution < 1.29 is 13.3 Å². The third kappa shape index (κ3) is 4.66. The van der Waals surface area contributed by atoms with E-state index in [0.29, 0.717) is 27.8 Å². The molecule has 0 fully saturated rings. The van der Waals surface area contributed by atoms with Gasteiger partial charge in [0.1, 0.15) is 5.52 Å². The van der Waals surface area contributed by atoms with E-state index < -0.39 is 10.0 Å². The summed E-state index contributed by atoms with van der Waals surface area (Å²) in [5.74, 6) is 0.866. The summed E-state index contributed by atoms with van der Waals surface area (Å²) in [4.78, 5) is 9.26. The van der Waals surface area contributed by atoms with Crippen LogP contribution in [0.2, 0.25) is 5.02 Å². The van der Waals surface area contributed by atoms with E-state index in [1.165, 1.54) is 29.8 Å². The Kier molecular flexibility index (Phi) is 5.93. The standard InChI is InChI=1S/C25H21ClN4O2S/c26-20-10-12-21(13-11-20)33(31,32)29-24-25(28-23-9-5-4-8-22(23)27-24)30-16-14-19(15-17-30)18-6-2-1-3-7-18/h1-2,4-5,8-18H,3,6-7H2. The summed E-state index contributed by atoms with van der Waals surface area (Å²) in [5.41, 5.74) is 2.47. The number of nitrogens with zero attached hydrogens (tertiary/aromatic N) is 4. The zero-order valence-corrected chi connectivity index (χ0v) is 19.2. The van der Waals surface area contributed by atoms with E-state index in [0.717, 1.165) is 19.3 Å². The van der Waals surface area contributed by atoms with Gasteiger partial charge in [-0.15, -0.1) is 0 Å². The molecule has 0 saturated carbocycles. The topological polar surface area (TPSA) is 82.1 Å². The fraction of sp³-hybridized carbons (Fsp3) is 0.160. The van der Waals surface area contributed by atoms with Gasteiger partial charge in [-0.2, -0.15) is 8.93 Å². The number of hydrogen-bond donors (Lipinski definition) is 0. The van der Waals surface area contributed by atoms with Crippen LogP contribution in [-0.2, 0) is 10.0 Å². The molecule has 33 heavy (non-hydrogen) atoms. The van der Waals surface area contributed by atoms with Crippen molar-refractivity contribution >= 4 is 38.5 Å². The van der Waals surface area contributed by atoms with E-state index in [-0.39, 0.29) is 10.7 Å². The lowest BCUT2D eigenvalue weighted by atomic mass is 9.88. The predicted molar refractivity (Wildman–Crippen MR) is 128 cm³/mol. The minimum absolute atomic E-state index is 0.0296. The molecule has 0 spiro atoms. The first kappa shape index (κ1) is 21.7. The summed E-state index contributed by atoms with van der Waals surface area (Å²) in [5, 5.41) is 0.448. The summed E-state index contributed by atoms with van der Waals surface area (Å²) < 4.78 is 31.8. The molecular formula is C25H21ClN4O2S. The Morgan fingerprint density at radius 1 is 0.970 bits per heavy atom. The van der Waals surface area contributed by atoms with Gasteiger partial charge in [-0.25, -0.2) is 4.98 Å². The van der Waals surface area contributed by atoms with Gasteiger partial charge in [-0.1, -0.05) is 35.9 Å². The van der Waals surface area contributed by atoms with Gasteiger partial charge in [0.05, 0.1) is 12.4 Å². The highest BCUT2D eigenvalue weighted by atomic mass is 35.5. The van der Waals surface area contributed by atoms with Crippen molar-refractivity contribution in [1.29, 1.82) is 0 Å². The zero-order valence-electron chi connectivity index (χ0n) is 17.7. The van der Waals surface area contributed by atoms with Crippen LogP contribution in [0.1, 0.15) is 30.7 Å². The highest BCUT2D eigenvalue weighted by molar-refractivity contribution is 7.88. The summed E-state index contributed by atoms with van der Waals surface area (Å²) in [7, 11) is -4.01. The van der Waals surface area contributed by atoms with Crippen LogP contribution < -0.4 is 4.57 Å². The van der Waals surface area contributed by atoms with Gasteiger partial charge in [-0.3, -0.25) is 4.21 Å². The Bertz CT molecular complexity index is 1460. The van der Waals surface area contributed by atoms with Crippen LogP contribution in [0.15, 0.2) is 94.5 Å². The van der Waals surface area contributed by atoms with Gasteiger partial charge < -0.3 is 4.55 Å². The highest BCUT2D eigenvalue weighted by Crippen LogP contribution is 2.29. The van der Waals surface area contributed by atoms with Gasteiger partial charge in [0.2, 0.25) is 5.52 Å². The summed E-state index contributed by atoms with van der Waals surface area (Å²) in [6, 6.07) is 17.3. The molecule has 0 saturated heterocycles. The smallest absolute Gasteiger partial charge is 0.374 e. The molecule has 0 bridgehead atoms. The van der Waals surface area contributed by atoms with E-state index in [9.17, 15) is 8.76 Å². The molecule has 2 atom stereocenters. The second kappa shape index (κ2) is 9.02. The van der Waals surface area contributed by atoms with Crippen LogP contribution >= 0.6 is 11.6 Å². The Labute approximate surface area is 197 Å². The van der Waals surface area contributed by atoms with E-state index in [1.807, 2.05) is 30.6 Å². The number of allylic oxidation sites excluding steroid dienone is 2. The van der Waals surface area contributed by atoms with Crippen molar-refractivity contribution in [2.24, 2.45) is 4.36 Å². The van der Waals surface area contributed by atoms with Gasteiger partial charge in [0.15, 0.2) is 0 Å². The van der Waals surface area contributed by atoms with Gasteiger partial charge in [0, 0.05) is 19.9 Å². The minimum Gasteiger partial charge on any atom is -0.760 e. The fourth-order valence-electron chi connectivity index (χ4n) is 3.94. The Morgan fingerprint density at radius 3 is 2.33 bits per heavy atom. The van der Waals surface area contributed by atoms with Crippen molar-refractivity contribution in [1.82, 2.24) is 9.97 Å². The average molecular weight is 477 g/mol. The van der Waals surface area contributed by atoms with Crippen LogP contribution in [-0.4, -0.2) is 18.7 Å². The number of pyridine rings is 1. The second-order valence-electron chi connectivity index (χ2n) is 7.90. The molecule has 2 heterocycles. The van der Waals surface area contributed by atoms with E-state index in [2.05, 4.69) is 38.6 Å². The maximum Gasteiger partial charge on any atom is 0.374 e. The molecule has 8 heteroatoms. The van der Waals surface area contributed by atoms with Crippen molar-refractivity contribution in [3.05, 3.63) is 95.8 Å². The van der Waals surface area contributed by atoms with Crippen molar-refractivity contribution in [3.8, 4) is 5.82 Å². The summed E-state index contributed by atoms with van der Waals surface area (Å²) in [6.07, 6.45) is 11.5. The first-order valence-electron chi connectivity index (χ1n) is 10.7. The molecule has 1 aliphatic carbocycles. The van der Waals surface area contributed by atoms with E-state index in [1.54, 1.807) is 10.6 Å². The normalized spacial score (nSPS) is 17.6. The molecular weight excluding hydrogens is 456 g/mol. The molecule has 0 radical (unpaired) electrons. The maximum atomic E-state index is 13.0.